The third-order valence-corrected chi connectivity index (χ3v) is 3.26. The summed E-state index contributed by atoms with van der Waals surface area (Å²) in [4.78, 5) is 32.9. The second-order valence-electron chi connectivity index (χ2n) is 5.59. The van der Waals surface area contributed by atoms with Crippen LogP contribution in [0.3, 0.4) is 0 Å². The van der Waals surface area contributed by atoms with Gasteiger partial charge in [-0.1, -0.05) is 12.1 Å². The van der Waals surface area contributed by atoms with E-state index in [1.165, 1.54) is 0 Å². The van der Waals surface area contributed by atoms with Crippen molar-refractivity contribution in [3.8, 4) is 0 Å². The lowest BCUT2D eigenvalue weighted by Crippen LogP contribution is -2.29. The number of carboxylic acid groups (broad SMARTS) is 1. The van der Waals surface area contributed by atoms with Crippen LogP contribution in [0, 0.1) is 0 Å². The third kappa shape index (κ3) is 6.43. The van der Waals surface area contributed by atoms with Gasteiger partial charge in [0.05, 0.1) is 6.42 Å². The summed E-state index contributed by atoms with van der Waals surface area (Å²) in [5.74, 6) is -4.29. The van der Waals surface area contributed by atoms with Crippen molar-refractivity contribution in [2.75, 3.05) is 0 Å². The van der Waals surface area contributed by atoms with E-state index in [2.05, 4.69) is 9.47 Å². The van der Waals surface area contributed by atoms with Crippen molar-refractivity contribution in [2.45, 2.75) is 44.8 Å². The second kappa shape index (κ2) is 8.48. The van der Waals surface area contributed by atoms with E-state index in [1.54, 1.807) is 0 Å². The summed E-state index contributed by atoms with van der Waals surface area (Å²) < 4.78 is 87.8. The van der Waals surface area contributed by atoms with Crippen LogP contribution in [0.5, 0.6) is 0 Å². The summed E-state index contributed by atoms with van der Waals surface area (Å²) >= 11 is 0. The van der Waals surface area contributed by atoms with E-state index in [4.69, 9.17) is 5.11 Å². The molecule has 1 N–H and O–H groups in total. The fourth-order valence-electron chi connectivity index (χ4n) is 2.31. The molecule has 2 unspecified atom stereocenters. The van der Waals surface area contributed by atoms with Gasteiger partial charge in [0.2, 0.25) is 12.2 Å². The quantitative estimate of drug-likeness (QED) is 0.563. The minimum Gasteiger partial charge on any atom is -0.481 e. The van der Waals surface area contributed by atoms with Crippen LogP contribution in [-0.4, -0.2) is 35.4 Å². The molecular weight excluding hydrogens is 402 g/mol. The van der Waals surface area contributed by atoms with E-state index in [0.717, 1.165) is 0 Å². The number of hydrogen-bond donors (Lipinski definition) is 1. The lowest BCUT2D eigenvalue weighted by atomic mass is 9.94. The number of hydrogen-bond acceptors (Lipinski definition) is 5. The van der Waals surface area contributed by atoms with Crippen molar-refractivity contribution in [3.63, 3.8) is 0 Å². The summed E-state index contributed by atoms with van der Waals surface area (Å²) in [7, 11) is 0. The number of carbonyl (C=O) groups excluding carboxylic acids is 2. The largest absolute Gasteiger partial charge is 0.481 e. The predicted octanol–water partition coefficient (Wildman–Crippen LogP) is 3.65. The summed E-state index contributed by atoms with van der Waals surface area (Å²) in [5, 5.41) is 8.85. The number of carbonyl (C=O) groups is 3. The molecular formula is C16H14F6O6. The highest BCUT2D eigenvalue weighted by atomic mass is 19.4. The SMILES string of the molecule is CC(=O)OC(c1ccc(CC(=O)O)c(C(OC(C)=O)C(F)(F)F)c1)C(F)(F)F. The molecule has 0 aliphatic rings. The van der Waals surface area contributed by atoms with Crippen LogP contribution in [0.15, 0.2) is 18.2 Å². The number of carboxylic acids is 1. The zero-order valence-electron chi connectivity index (χ0n) is 14.4. The van der Waals surface area contributed by atoms with Gasteiger partial charge in [-0.15, -0.1) is 0 Å². The summed E-state index contributed by atoms with van der Waals surface area (Å²) in [5.41, 5.74) is -2.43. The molecule has 2 atom stereocenters. The second-order valence-corrected chi connectivity index (χ2v) is 5.59. The molecule has 0 bridgehead atoms. The van der Waals surface area contributed by atoms with Crippen LogP contribution >= 0.6 is 0 Å². The smallest absolute Gasteiger partial charge is 0.429 e. The lowest BCUT2D eigenvalue weighted by molar-refractivity contribution is -0.224. The maximum absolute atomic E-state index is 13.3. The molecule has 0 fully saturated rings. The topological polar surface area (TPSA) is 89.9 Å². The van der Waals surface area contributed by atoms with Gasteiger partial charge in [-0.05, 0) is 11.6 Å². The Kier molecular flexibility index (Phi) is 7.04. The molecule has 0 amide bonds. The molecule has 1 rings (SSSR count). The number of ether oxygens (including phenoxy) is 2. The molecule has 1 aromatic rings. The number of benzene rings is 1. The first-order chi connectivity index (χ1) is 12.6. The van der Waals surface area contributed by atoms with Crippen LogP contribution in [0.2, 0.25) is 0 Å². The fourth-order valence-corrected chi connectivity index (χ4v) is 2.31. The minimum atomic E-state index is -5.24. The van der Waals surface area contributed by atoms with Crippen LogP contribution in [-0.2, 0) is 30.3 Å². The average molecular weight is 416 g/mol. The molecule has 0 aliphatic carbocycles. The van der Waals surface area contributed by atoms with Crippen LogP contribution in [0.25, 0.3) is 0 Å². The molecule has 0 radical (unpaired) electrons. The molecule has 156 valence electrons. The Morgan fingerprint density at radius 1 is 0.929 bits per heavy atom. The molecule has 0 spiro atoms. The van der Waals surface area contributed by atoms with Gasteiger partial charge in [0.15, 0.2) is 0 Å². The number of rotatable bonds is 6. The summed E-state index contributed by atoms with van der Waals surface area (Å²) in [6.45, 7) is 1.33. The molecule has 0 aliphatic heterocycles. The zero-order chi connectivity index (χ0) is 21.9. The number of aliphatic carboxylic acids is 1. The Labute approximate surface area is 154 Å². The maximum Gasteiger partial charge on any atom is 0.429 e. The number of esters is 2. The first-order valence-corrected chi connectivity index (χ1v) is 7.45. The van der Waals surface area contributed by atoms with Gasteiger partial charge < -0.3 is 14.6 Å². The van der Waals surface area contributed by atoms with Crippen LogP contribution < -0.4 is 0 Å². The first kappa shape index (κ1) is 23.2. The normalized spacial score (nSPS) is 14.1. The van der Waals surface area contributed by atoms with Crippen molar-refractivity contribution < 1.29 is 55.3 Å². The van der Waals surface area contributed by atoms with Crippen molar-refractivity contribution in [2.24, 2.45) is 0 Å². The fraction of sp³-hybridized carbons (Fsp3) is 0.438. The zero-order valence-corrected chi connectivity index (χ0v) is 14.4. The van der Waals surface area contributed by atoms with Gasteiger partial charge >= 0.3 is 30.3 Å². The average Bonchev–Trinajstić information content (AvgIpc) is 2.48. The Bertz CT molecular complexity index is 755. The van der Waals surface area contributed by atoms with Crippen molar-refractivity contribution >= 4 is 17.9 Å². The number of halogens is 6. The minimum absolute atomic E-state index is 0.362. The van der Waals surface area contributed by atoms with Crippen molar-refractivity contribution in [1.29, 1.82) is 0 Å². The monoisotopic (exact) mass is 416 g/mol. The Morgan fingerprint density at radius 2 is 1.39 bits per heavy atom. The highest BCUT2D eigenvalue weighted by Crippen LogP contribution is 2.41. The van der Waals surface area contributed by atoms with E-state index in [-0.39, 0.29) is 0 Å². The summed E-state index contributed by atoms with van der Waals surface area (Å²) in [6, 6.07) is 1.76. The van der Waals surface area contributed by atoms with Gasteiger partial charge in [0, 0.05) is 25.0 Å². The van der Waals surface area contributed by atoms with Crippen LogP contribution in [0.4, 0.5) is 26.3 Å². The Morgan fingerprint density at radius 3 is 1.79 bits per heavy atom. The third-order valence-electron chi connectivity index (χ3n) is 3.26. The van der Waals surface area contributed by atoms with E-state index < -0.39 is 65.6 Å². The van der Waals surface area contributed by atoms with Gasteiger partial charge in [0.1, 0.15) is 0 Å². The van der Waals surface area contributed by atoms with E-state index in [1.807, 2.05) is 0 Å². The molecule has 12 heteroatoms. The van der Waals surface area contributed by atoms with Gasteiger partial charge in [-0.2, -0.15) is 26.3 Å². The molecule has 0 aromatic heterocycles. The Hall–Kier alpha value is -2.79. The highest BCUT2D eigenvalue weighted by molar-refractivity contribution is 5.71. The molecule has 1 aromatic carbocycles. The maximum atomic E-state index is 13.3. The standard InChI is InChI=1S/C16H14F6O6/c1-7(23)27-13(15(17,18)19)10-4-3-9(6-12(25)26)11(5-10)14(16(20,21)22)28-8(2)24/h3-5,13-14H,6H2,1-2H3,(H,25,26). The van der Waals surface area contributed by atoms with Crippen molar-refractivity contribution in [1.82, 2.24) is 0 Å². The summed E-state index contributed by atoms with van der Waals surface area (Å²) in [6.07, 6.45) is -17.3. The van der Waals surface area contributed by atoms with Gasteiger partial charge in [0.25, 0.3) is 0 Å². The first-order valence-electron chi connectivity index (χ1n) is 7.45. The number of alkyl halides is 6. The lowest BCUT2D eigenvalue weighted by Gasteiger charge is -2.25. The van der Waals surface area contributed by atoms with E-state index >= 15 is 0 Å². The Balaban J connectivity index is 3.64. The van der Waals surface area contributed by atoms with Crippen LogP contribution in [0.1, 0.15) is 42.7 Å². The molecule has 0 saturated carbocycles. The molecule has 6 nitrogen and oxygen atoms in total. The molecule has 0 heterocycles. The van der Waals surface area contributed by atoms with Gasteiger partial charge in [-0.3, -0.25) is 14.4 Å². The molecule has 0 saturated heterocycles. The van der Waals surface area contributed by atoms with Crippen molar-refractivity contribution in [3.05, 3.63) is 34.9 Å². The van der Waals surface area contributed by atoms with E-state index in [0.29, 0.717) is 32.0 Å². The highest BCUT2D eigenvalue weighted by Gasteiger charge is 2.47. The molecule has 28 heavy (non-hydrogen) atoms. The predicted molar refractivity (Wildman–Crippen MR) is 78.9 cm³/mol. The van der Waals surface area contributed by atoms with E-state index in [9.17, 15) is 40.7 Å². The van der Waals surface area contributed by atoms with Gasteiger partial charge in [-0.25, -0.2) is 0 Å².